The molecule has 0 bridgehead atoms. The Morgan fingerprint density at radius 3 is 2.90 bits per heavy atom. The van der Waals surface area contributed by atoms with E-state index >= 15 is 0 Å². The number of carbonyl (C=O) groups is 1. The Kier molecular flexibility index (Phi) is 8.14. The van der Waals surface area contributed by atoms with Gasteiger partial charge in [0, 0.05) is 55.2 Å². The topological polar surface area (TPSA) is 106 Å². The number of ether oxygens (including phenoxy) is 2. The first-order valence-electron chi connectivity index (χ1n) is 13.1. The number of nitrogens with one attached hydrogen (secondary N) is 1. The van der Waals surface area contributed by atoms with Crippen molar-refractivity contribution >= 4 is 50.6 Å². The number of halogens is 1. The van der Waals surface area contributed by atoms with Crippen LogP contribution in [-0.4, -0.2) is 75.0 Å². The van der Waals surface area contributed by atoms with Gasteiger partial charge in [-0.1, -0.05) is 17.7 Å². The molecule has 0 radical (unpaired) electrons. The minimum atomic E-state index is 0.0389. The summed E-state index contributed by atoms with van der Waals surface area (Å²) in [5, 5.41) is 4.88. The van der Waals surface area contributed by atoms with Gasteiger partial charge in [0.15, 0.2) is 0 Å². The van der Waals surface area contributed by atoms with Crippen molar-refractivity contribution in [2.24, 2.45) is 0 Å². The summed E-state index contributed by atoms with van der Waals surface area (Å²) in [6.45, 7) is 5.56. The van der Waals surface area contributed by atoms with E-state index in [0.717, 1.165) is 71.6 Å². The van der Waals surface area contributed by atoms with E-state index in [1.54, 1.807) is 42.3 Å². The quantitative estimate of drug-likeness (QED) is 0.308. The Bertz CT molecular complexity index is 1530. The summed E-state index contributed by atoms with van der Waals surface area (Å²) in [5.74, 6) is 1.32. The van der Waals surface area contributed by atoms with Crippen molar-refractivity contribution in [1.29, 1.82) is 0 Å². The van der Waals surface area contributed by atoms with E-state index in [0.29, 0.717) is 23.9 Å². The minimum Gasteiger partial charge on any atom is -0.486 e. The summed E-state index contributed by atoms with van der Waals surface area (Å²) >= 11 is 8.13. The summed E-state index contributed by atoms with van der Waals surface area (Å²) in [6.07, 6.45) is 10.9. The molecule has 0 spiro atoms. The molecule has 1 aromatic carbocycles. The second-order valence-electron chi connectivity index (χ2n) is 9.49. The molecule has 4 aromatic rings. The van der Waals surface area contributed by atoms with E-state index in [1.165, 1.54) is 5.56 Å². The number of anilines is 2. The summed E-state index contributed by atoms with van der Waals surface area (Å²) in [5.41, 5.74) is 2.70. The molecule has 1 amide bonds. The lowest BCUT2D eigenvalue weighted by molar-refractivity contribution is -0.126. The lowest BCUT2D eigenvalue weighted by Gasteiger charge is -2.27. The molecule has 0 unspecified atom stereocenters. The lowest BCUT2D eigenvalue weighted by atomic mass is 10.0. The maximum atomic E-state index is 12.9. The number of benzene rings is 1. The van der Waals surface area contributed by atoms with Gasteiger partial charge in [-0.3, -0.25) is 19.7 Å². The van der Waals surface area contributed by atoms with E-state index in [9.17, 15) is 4.79 Å². The summed E-state index contributed by atoms with van der Waals surface area (Å²) in [6, 6.07) is 5.52. The number of hydrogen-bond donors (Lipinski definition) is 1. The molecule has 1 N–H and O–H groups in total. The Morgan fingerprint density at radius 1 is 1.18 bits per heavy atom. The molecule has 1 saturated heterocycles. The van der Waals surface area contributed by atoms with E-state index in [-0.39, 0.29) is 12.5 Å². The van der Waals surface area contributed by atoms with E-state index in [4.69, 9.17) is 21.1 Å². The third kappa shape index (κ3) is 6.07. The van der Waals surface area contributed by atoms with Crippen molar-refractivity contribution in [3.63, 3.8) is 0 Å². The van der Waals surface area contributed by atoms with Crippen molar-refractivity contribution < 1.29 is 14.3 Å². The molecule has 1 fully saturated rings. The van der Waals surface area contributed by atoms with Gasteiger partial charge in [0.05, 0.1) is 42.1 Å². The molecule has 10 nitrogen and oxygen atoms in total. The van der Waals surface area contributed by atoms with Gasteiger partial charge in [-0.15, -0.1) is 11.3 Å². The van der Waals surface area contributed by atoms with Crippen LogP contribution in [0.25, 0.3) is 10.2 Å². The first-order chi connectivity index (χ1) is 19.6. The minimum absolute atomic E-state index is 0.0389. The van der Waals surface area contributed by atoms with Crippen LogP contribution in [0.4, 0.5) is 11.5 Å². The number of morpholine rings is 1. The van der Waals surface area contributed by atoms with Gasteiger partial charge in [0.2, 0.25) is 5.91 Å². The highest BCUT2D eigenvalue weighted by molar-refractivity contribution is 7.19. The van der Waals surface area contributed by atoms with Crippen LogP contribution in [0.5, 0.6) is 5.75 Å². The highest BCUT2D eigenvalue weighted by Gasteiger charge is 2.25. The van der Waals surface area contributed by atoms with Crippen LogP contribution in [0.2, 0.25) is 5.02 Å². The fourth-order valence-electron chi connectivity index (χ4n) is 4.79. The molecule has 6 rings (SSSR count). The van der Waals surface area contributed by atoms with Crippen LogP contribution in [-0.2, 0) is 29.1 Å². The molecule has 0 aliphatic carbocycles. The molecule has 2 aliphatic rings. The van der Waals surface area contributed by atoms with E-state index in [1.807, 2.05) is 29.2 Å². The zero-order valence-electron chi connectivity index (χ0n) is 21.8. The van der Waals surface area contributed by atoms with Gasteiger partial charge >= 0.3 is 0 Å². The highest BCUT2D eigenvalue weighted by atomic mass is 35.5. The monoisotopic (exact) mass is 577 g/mol. The number of hydrogen-bond acceptors (Lipinski definition) is 10. The molecule has 5 heterocycles. The lowest BCUT2D eigenvalue weighted by Crippen LogP contribution is -2.37. The second-order valence-corrected chi connectivity index (χ2v) is 11.0. The molecular weight excluding hydrogens is 550 g/mol. The predicted octanol–water partition coefficient (Wildman–Crippen LogP) is 4.23. The van der Waals surface area contributed by atoms with Gasteiger partial charge in [0.25, 0.3) is 0 Å². The van der Waals surface area contributed by atoms with Crippen LogP contribution in [0.1, 0.15) is 16.1 Å². The van der Waals surface area contributed by atoms with Crippen molar-refractivity contribution in [1.82, 2.24) is 29.7 Å². The number of thiophene rings is 1. The van der Waals surface area contributed by atoms with Crippen LogP contribution in [0.15, 0.2) is 55.3 Å². The van der Waals surface area contributed by atoms with Crippen LogP contribution >= 0.6 is 22.9 Å². The Balaban J connectivity index is 1.13. The van der Waals surface area contributed by atoms with Crippen molar-refractivity contribution in [2.75, 3.05) is 44.7 Å². The first-order valence-corrected chi connectivity index (χ1v) is 14.3. The third-order valence-corrected chi connectivity index (χ3v) is 8.28. The predicted molar refractivity (Wildman–Crippen MR) is 154 cm³/mol. The molecule has 2 aliphatic heterocycles. The third-order valence-electron chi connectivity index (χ3n) is 6.86. The second kappa shape index (κ2) is 12.3. The van der Waals surface area contributed by atoms with Crippen LogP contribution < -0.4 is 10.1 Å². The number of amides is 1. The fourth-order valence-corrected chi connectivity index (χ4v) is 6.23. The van der Waals surface area contributed by atoms with Crippen LogP contribution in [0, 0.1) is 0 Å². The Hall–Kier alpha value is -3.64. The normalized spacial score (nSPS) is 15.9. The molecule has 0 atom stereocenters. The average molecular weight is 578 g/mol. The maximum Gasteiger partial charge on any atom is 0.246 e. The zero-order chi connectivity index (χ0) is 27.3. The molecule has 206 valence electrons. The molecule has 0 saturated carbocycles. The van der Waals surface area contributed by atoms with Gasteiger partial charge in [-0.25, -0.2) is 9.97 Å². The summed E-state index contributed by atoms with van der Waals surface area (Å²) < 4.78 is 11.2. The number of aromatic nitrogens is 4. The fraction of sp³-hybridized carbons (Fsp3) is 0.321. The van der Waals surface area contributed by atoms with Gasteiger partial charge in [-0.05, 0) is 30.2 Å². The molecular formula is C28H28ClN7O3S. The molecule has 40 heavy (non-hydrogen) atoms. The van der Waals surface area contributed by atoms with Gasteiger partial charge < -0.3 is 19.7 Å². The SMILES string of the molecule is O=C(C=CCN1CCOCC1)N1CCc2c(sc3ncnc(Nc4ccc(OCc5cnccn5)c(Cl)c4)c23)C1. The first kappa shape index (κ1) is 26.6. The standard InChI is InChI=1S/C28H28ClN7O3S/c29-22-14-19(3-4-23(22)39-17-20-15-30-6-7-31-20)34-27-26-21-5-9-36(16-24(21)40-28(26)33-18-32-27)25(37)2-1-8-35-10-12-38-13-11-35/h1-4,6-7,14-15,18H,5,8-13,16-17H2,(H,32,33,34). The summed E-state index contributed by atoms with van der Waals surface area (Å²) in [4.78, 5) is 36.4. The van der Waals surface area contributed by atoms with E-state index in [2.05, 4.69) is 30.2 Å². The maximum absolute atomic E-state index is 12.9. The Labute approximate surface area is 240 Å². The van der Waals surface area contributed by atoms with Gasteiger partial charge in [0.1, 0.15) is 29.3 Å². The van der Waals surface area contributed by atoms with Crippen molar-refractivity contribution in [3.8, 4) is 5.75 Å². The van der Waals surface area contributed by atoms with Crippen molar-refractivity contribution in [2.45, 2.75) is 19.6 Å². The zero-order valence-corrected chi connectivity index (χ0v) is 23.3. The average Bonchev–Trinajstić information content (AvgIpc) is 3.37. The number of rotatable bonds is 8. The van der Waals surface area contributed by atoms with E-state index < -0.39 is 0 Å². The van der Waals surface area contributed by atoms with Crippen LogP contribution in [0.3, 0.4) is 0 Å². The van der Waals surface area contributed by atoms with Crippen molar-refractivity contribution in [3.05, 3.63) is 76.4 Å². The largest absolute Gasteiger partial charge is 0.486 e. The molecule has 3 aromatic heterocycles. The van der Waals surface area contributed by atoms with Gasteiger partial charge in [-0.2, -0.15) is 0 Å². The smallest absolute Gasteiger partial charge is 0.246 e. The summed E-state index contributed by atoms with van der Waals surface area (Å²) in [7, 11) is 0. The number of fused-ring (bicyclic) bond motifs is 3. The Morgan fingerprint density at radius 2 is 2.08 bits per heavy atom. The highest BCUT2D eigenvalue weighted by Crippen LogP contribution is 2.38. The number of nitrogens with zero attached hydrogens (tertiary/aromatic N) is 6. The number of carbonyl (C=O) groups excluding carboxylic acids is 1. The molecule has 12 heteroatoms.